The molecule has 0 saturated carbocycles. The predicted molar refractivity (Wildman–Crippen MR) is 81.5 cm³/mol. The molecule has 1 amide bonds. The molecule has 0 fully saturated rings. The van der Waals surface area contributed by atoms with E-state index in [1.807, 2.05) is 0 Å². The lowest BCUT2D eigenvalue weighted by atomic mass is 10.1. The van der Waals surface area contributed by atoms with Crippen LogP contribution in [0.3, 0.4) is 0 Å². The molecule has 0 aliphatic carbocycles. The molecule has 2 aromatic rings. The molecule has 2 N–H and O–H groups in total. The van der Waals surface area contributed by atoms with Gasteiger partial charge in [0.15, 0.2) is 0 Å². The summed E-state index contributed by atoms with van der Waals surface area (Å²) in [5, 5.41) is 12.5. The minimum Gasteiger partial charge on any atom is -0.435 e. The van der Waals surface area contributed by atoms with Crippen molar-refractivity contribution in [1.82, 2.24) is 5.32 Å². The van der Waals surface area contributed by atoms with Crippen molar-refractivity contribution in [3.8, 4) is 5.75 Å². The quantitative estimate of drug-likeness (QED) is 0.850. The maximum absolute atomic E-state index is 13.6. The Morgan fingerprint density at radius 2 is 2.00 bits per heavy atom. The van der Waals surface area contributed by atoms with E-state index in [9.17, 15) is 23.1 Å². The van der Waals surface area contributed by atoms with Gasteiger partial charge in [0.25, 0.3) is 5.91 Å². The van der Waals surface area contributed by atoms with Crippen molar-refractivity contribution in [2.45, 2.75) is 19.6 Å². The smallest absolute Gasteiger partial charge is 0.387 e. The third kappa shape index (κ3) is 4.73. The first-order valence-corrected chi connectivity index (χ1v) is 7.14. The molecule has 0 bridgehead atoms. The average Bonchev–Trinajstić information content (AvgIpc) is 2.54. The van der Waals surface area contributed by atoms with E-state index in [1.165, 1.54) is 42.5 Å². The SMILES string of the molecule is Cc1ccc(F)c(C(=O)NCC(O)c2cccc(OC(F)F)c2)c1. The first kappa shape index (κ1) is 17.8. The number of rotatable bonds is 6. The summed E-state index contributed by atoms with van der Waals surface area (Å²) in [6.07, 6.45) is -1.15. The molecule has 2 aromatic carbocycles. The summed E-state index contributed by atoms with van der Waals surface area (Å²) >= 11 is 0. The van der Waals surface area contributed by atoms with E-state index in [-0.39, 0.29) is 23.4 Å². The lowest BCUT2D eigenvalue weighted by Crippen LogP contribution is -2.29. The van der Waals surface area contributed by atoms with Crippen molar-refractivity contribution in [1.29, 1.82) is 0 Å². The molecule has 0 heterocycles. The first-order chi connectivity index (χ1) is 11.4. The number of halogens is 3. The highest BCUT2D eigenvalue weighted by molar-refractivity contribution is 5.94. The highest BCUT2D eigenvalue weighted by atomic mass is 19.3. The van der Waals surface area contributed by atoms with E-state index < -0.39 is 24.4 Å². The van der Waals surface area contributed by atoms with E-state index in [1.54, 1.807) is 6.92 Å². The van der Waals surface area contributed by atoms with Gasteiger partial charge in [-0.2, -0.15) is 8.78 Å². The molecule has 0 aromatic heterocycles. The van der Waals surface area contributed by atoms with Gasteiger partial charge in [-0.15, -0.1) is 0 Å². The van der Waals surface area contributed by atoms with E-state index in [4.69, 9.17) is 0 Å². The minimum absolute atomic E-state index is 0.0994. The van der Waals surface area contributed by atoms with Crippen LogP contribution in [0.2, 0.25) is 0 Å². The van der Waals surface area contributed by atoms with Crippen LogP contribution in [0.15, 0.2) is 42.5 Å². The van der Waals surface area contributed by atoms with Crippen molar-refractivity contribution >= 4 is 5.91 Å². The predicted octanol–water partition coefficient (Wildman–Crippen LogP) is 3.20. The van der Waals surface area contributed by atoms with Crippen LogP contribution in [0.5, 0.6) is 5.75 Å². The molecule has 0 aliphatic rings. The van der Waals surface area contributed by atoms with Gasteiger partial charge in [0, 0.05) is 6.54 Å². The highest BCUT2D eigenvalue weighted by Crippen LogP contribution is 2.20. The van der Waals surface area contributed by atoms with Crippen molar-refractivity contribution < 1.29 is 27.8 Å². The molecule has 1 atom stereocenters. The van der Waals surface area contributed by atoms with Gasteiger partial charge in [-0.1, -0.05) is 23.8 Å². The Kier molecular flexibility index (Phi) is 5.81. The van der Waals surface area contributed by atoms with E-state index >= 15 is 0 Å². The molecule has 128 valence electrons. The van der Waals surface area contributed by atoms with Crippen LogP contribution in [0.4, 0.5) is 13.2 Å². The minimum atomic E-state index is -2.97. The van der Waals surface area contributed by atoms with Crippen LogP contribution in [-0.4, -0.2) is 24.2 Å². The lowest BCUT2D eigenvalue weighted by Gasteiger charge is -2.14. The Morgan fingerprint density at radius 3 is 2.71 bits per heavy atom. The second-order valence-corrected chi connectivity index (χ2v) is 5.16. The Morgan fingerprint density at radius 1 is 1.25 bits per heavy atom. The van der Waals surface area contributed by atoms with Gasteiger partial charge in [-0.25, -0.2) is 4.39 Å². The molecule has 0 saturated heterocycles. The summed E-state index contributed by atoms with van der Waals surface area (Å²) in [5.41, 5.74) is 0.883. The van der Waals surface area contributed by atoms with Gasteiger partial charge in [-0.05, 0) is 36.8 Å². The molecule has 7 heteroatoms. The number of amides is 1. The van der Waals surface area contributed by atoms with Crippen LogP contribution in [0, 0.1) is 12.7 Å². The maximum atomic E-state index is 13.6. The third-order valence-electron chi connectivity index (χ3n) is 3.29. The lowest BCUT2D eigenvalue weighted by molar-refractivity contribution is -0.0499. The Bertz CT molecular complexity index is 722. The number of nitrogens with one attached hydrogen (secondary N) is 1. The largest absolute Gasteiger partial charge is 0.435 e. The molecule has 4 nitrogen and oxygen atoms in total. The number of ether oxygens (including phenoxy) is 1. The zero-order valence-corrected chi connectivity index (χ0v) is 12.8. The zero-order chi connectivity index (χ0) is 17.7. The number of hydrogen-bond acceptors (Lipinski definition) is 3. The Balaban J connectivity index is 2.01. The number of aryl methyl sites for hydroxylation is 1. The maximum Gasteiger partial charge on any atom is 0.387 e. The molecular formula is C17H16F3NO3. The summed E-state index contributed by atoms with van der Waals surface area (Å²) in [7, 11) is 0. The third-order valence-corrected chi connectivity index (χ3v) is 3.29. The highest BCUT2D eigenvalue weighted by Gasteiger charge is 2.15. The molecule has 1 unspecified atom stereocenters. The molecule has 24 heavy (non-hydrogen) atoms. The zero-order valence-electron chi connectivity index (χ0n) is 12.8. The summed E-state index contributed by atoms with van der Waals surface area (Å²) < 4.78 is 42.3. The van der Waals surface area contributed by atoms with Crippen LogP contribution in [0.1, 0.15) is 27.6 Å². The topological polar surface area (TPSA) is 58.6 Å². The van der Waals surface area contributed by atoms with E-state index in [0.29, 0.717) is 0 Å². The van der Waals surface area contributed by atoms with Crippen molar-refractivity contribution in [3.05, 3.63) is 65.0 Å². The second-order valence-electron chi connectivity index (χ2n) is 5.16. The first-order valence-electron chi connectivity index (χ1n) is 7.14. The average molecular weight is 339 g/mol. The number of carbonyl (C=O) groups excluding carboxylic acids is 1. The Labute approximate surface area is 136 Å². The number of benzene rings is 2. The number of aliphatic hydroxyl groups is 1. The molecule has 0 spiro atoms. The van der Waals surface area contributed by atoms with Crippen LogP contribution in [-0.2, 0) is 0 Å². The van der Waals surface area contributed by atoms with Gasteiger partial charge in [0.1, 0.15) is 11.6 Å². The van der Waals surface area contributed by atoms with Crippen molar-refractivity contribution in [2.24, 2.45) is 0 Å². The van der Waals surface area contributed by atoms with Crippen LogP contribution >= 0.6 is 0 Å². The summed E-state index contributed by atoms with van der Waals surface area (Å²) in [6.45, 7) is -1.45. The molecule has 0 radical (unpaired) electrons. The summed E-state index contributed by atoms with van der Waals surface area (Å²) in [6, 6.07) is 9.63. The number of carbonyl (C=O) groups is 1. The number of aliphatic hydroxyl groups excluding tert-OH is 1. The molecular weight excluding hydrogens is 323 g/mol. The van der Waals surface area contributed by atoms with Gasteiger partial charge >= 0.3 is 6.61 Å². The Hall–Kier alpha value is -2.54. The normalized spacial score (nSPS) is 12.1. The monoisotopic (exact) mass is 339 g/mol. The van der Waals surface area contributed by atoms with E-state index in [0.717, 1.165) is 5.56 Å². The fourth-order valence-corrected chi connectivity index (χ4v) is 2.11. The number of hydrogen-bond donors (Lipinski definition) is 2. The van der Waals surface area contributed by atoms with Gasteiger partial charge < -0.3 is 15.2 Å². The van der Waals surface area contributed by atoms with Crippen LogP contribution < -0.4 is 10.1 Å². The molecule has 0 aliphatic heterocycles. The van der Waals surface area contributed by atoms with Crippen LogP contribution in [0.25, 0.3) is 0 Å². The van der Waals surface area contributed by atoms with Crippen molar-refractivity contribution in [3.63, 3.8) is 0 Å². The standard InChI is InChI=1S/C17H16F3NO3/c1-10-5-6-14(18)13(7-10)16(23)21-9-15(22)11-3-2-4-12(8-11)24-17(19)20/h2-8,15,17,22H,9H2,1H3,(H,21,23). The van der Waals surface area contributed by atoms with Gasteiger partial charge in [-0.3, -0.25) is 4.79 Å². The fraction of sp³-hybridized carbons (Fsp3) is 0.235. The summed E-state index contributed by atoms with van der Waals surface area (Å²) in [5.74, 6) is -1.44. The summed E-state index contributed by atoms with van der Waals surface area (Å²) in [4.78, 5) is 12.0. The number of alkyl halides is 2. The van der Waals surface area contributed by atoms with Gasteiger partial charge in [0.2, 0.25) is 0 Å². The molecule has 2 rings (SSSR count). The van der Waals surface area contributed by atoms with Crippen molar-refractivity contribution in [2.75, 3.05) is 6.54 Å². The second kappa shape index (κ2) is 7.83. The van der Waals surface area contributed by atoms with Gasteiger partial charge in [0.05, 0.1) is 11.7 Å². The van der Waals surface area contributed by atoms with E-state index in [2.05, 4.69) is 10.1 Å². The fourth-order valence-electron chi connectivity index (χ4n) is 2.11.